The predicted octanol–water partition coefficient (Wildman–Crippen LogP) is 3.70. The number of halogens is 1. The molecule has 0 radical (unpaired) electrons. The largest absolute Gasteiger partial charge is 0.312 e. The highest BCUT2D eigenvalue weighted by Crippen LogP contribution is 2.31. The van der Waals surface area contributed by atoms with E-state index in [2.05, 4.69) is 4.72 Å². The molecular weight excluding hydrogens is 367 g/mol. The molecule has 1 heterocycles. The van der Waals surface area contributed by atoms with Crippen molar-refractivity contribution in [1.29, 1.82) is 0 Å². The molecule has 2 aromatic rings. The topological polar surface area (TPSA) is 66.5 Å². The van der Waals surface area contributed by atoms with Crippen LogP contribution in [-0.4, -0.2) is 20.9 Å². The van der Waals surface area contributed by atoms with Gasteiger partial charge in [0.1, 0.15) is 5.82 Å². The number of hydrogen-bond donors (Lipinski definition) is 1. The van der Waals surface area contributed by atoms with Crippen LogP contribution in [0.1, 0.15) is 31.4 Å². The van der Waals surface area contributed by atoms with E-state index in [0.29, 0.717) is 17.8 Å². The van der Waals surface area contributed by atoms with E-state index >= 15 is 0 Å². The van der Waals surface area contributed by atoms with E-state index in [1.807, 2.05) is 19.9 Å². The van der Waals surface area contributed by atoms with Gasteiger partial charge in [0, 0.05) is 18.2 Å². The monoisotopic (exact) mass is 390 g/mol. The van der Waals surface area contributed by atoms with Gasteiger partial charge in [-0.15, -0.1) is 0 Å². The maximum Gasteiger partial charge on any atom is 0.236 e. The summed E-state index contributed by atoms with van der Waals surface area (Å²) >= 11 is 0. The minimum Gasteiger partial charge on any atom is -0.312 e. The Morgan fingerprint density at radius 3 is 2.70 bits per heavy atom. The minimum absolute atomic E-state index is 0.0238. The van der Waals surface area contributed by atoms with Crippen LogP contribution in [-0.2, 0) is 27.0 Å². The Morgan fingerprint density at radius 1 is 1.22 bits per heavy atom. The Bertz CT molecular complexity index is 957. The Hall–Kier alpha value is -2.41. The van der Waals surface area contributed by atoms with Crippen molar-refractivity contribution in [3.8, 4) is 0 Å². The van der Waals surface area contributed by atoms with Gasteiger partial charge in [-0.1, -0.05) is 32.0 Å². The van der Waals surface area contributed by atoms with Crippen molar-refractivity contribution >= 4 is 27.3 Å². The number of amides is 1. The van der Waals surface area contributed by atoms with E-state index in [1.165, 1.54) is 18.2 Å². The summed E-state index contributed by atoms with van der Waals surface area (Å²) in [5.74, 6) is -0.907. The van der Waals surface area contributed by atoms with E-state index < -0.39 is 15.8 Å². The van der Waals surface area contributed by atoms with E-state index in [-0.39, 0.29) is 17.6 Å². The number of aryl methyl sites for hydroxylation is 1. The van der Waals surface area contributed by atoms with E-state index in [9.17, 15) is 17.6 Å². The first-order chi connectivity index (χ1) is 12.7. The summed E-state index contributed by atoms with van der Waals surface area (Å²) in [6, 6.07) is 10.8. The molecule has 0 aliphatic carbocycles. The zero-order valence-corrected chi connectivity index (χ0v) is 16.2. The Morgan fingerprint density at radius 2 is 2.00 bits per heavy atom. The molecule has 1 aliphatic rings. The third-order valence-corrected chi connectivity index (χ3v) is 5.74. The number of rotatable bonds is 5. The van der Waals surface area contributed by atoms with Crippen LogP contribution in [0.15, 0.2) is 42.5 Å². The quantitative estimate of drug-likeness (QED) is 0.846. The zero-order chi connectivity index (χ0) is 19.6. The fraction of sp³-hybridized carbons (Fsp3) is 0.350. The third kappa shape index (κ3) is 4.66. The number of nitrogens with zero attached hydrogens (tertiary/aromatic N) is 1. The number of nitrogens with one attached hydrogen (secondary N) is 1. The number of carbonyl (C=O) groups excluding carboxylic acids is 1. The molecule has 0 unspecified atom stereocenters. The molecule has 0 aromatic heterocycles. The van der Waals surface area contributed by atoms with Crippen LogP contribution in [0.5, 0.6) is 0 Å². The Kier molecular flexibility index (Phi) is 5.51. The summed E-state index contributed by atoms with van der Waals surface area (Å²) in [4.78, 5) is 14.2. The van der Waals surface area contributed by atoms with Crippen molar-refractivity contribution in [1.82, 2.24) is 0 Å². The molecule has 2 aromatic carbocycles. The maximum absolute atomic E-state index is 13.3. The maximum atomic E-state index is 13.3. The molecule has 0 saturated carbocycles. The van der Waals surface area contributed by atoms with Gasteiger partial charge in [0.05, 0.1) is 11.4 Å². The molecule has 0 spiro atoms. The lowest BCUT2D eigenvalue weighted by molar-refractivity contribution is -0.121. The number of benzene rings is 2. The average molecular weight is 390 g/mol. The first-order valence-corrected chi connectivity index (χ1v) is 10.6. The highest BCUT2D eigenvalue weighted by atomic mass is 32.2. The summed E-state index contributed by atoms with van der Waals surface area (Å²) in [6.07, 6.45) is 1.74. The van der Waals surface area contributed by atoms with Crippen LogP contribution < -0.4 is 9.62 Å². The van der Waals surface area contributed by atoms with Crippen molar-refractivity contribution in [2.75, 3.05) is 16.2 Å². The molecule has 1 aliphatic heterocycles. The summed E-state index contributed by atoms with van der Waals surface area (Å²) in [7, 11) is -3.71. The summed E-state index contributed by atoms with van der Waals surface area (Å²) in [6.45, 7) is 4.33. The Balaban J connectivity index is 1.83. The molecule has 1 N–H and O–H groups in total. The summed E-state index contributed by atoms with van der Waals surface area (Å²) in [5, 5.41) is 0. The fourth-order valence-corrected chi connectivity index (χ4v) is 4.42. The number of anilines is 2. The second kappa shape index (κ2) is 7.68. The van der Waals surface area contributed by atoms with Gasteiger partial charge in [-0.25, -0.2) is 12.8 Å². The molecule has 0 saturated heterocycles. The molecule has 7 heteroatoms. The van der Waals surface area contributed by atoms with Crippen LogP contribution >= 0.6 is 0 Å². The molecule has 0 atom stereocenters. The number of hydrogen-bond acceptors (Lipinski definition) is 3. The highest BCUT2D eigenvalue weighted by Gasteiger charge is 2.25. The van der Waals surface area contributed by atoms with Crippen LogP contribution in [0.4, 0.5) is 15.8 Å². The van der Waals surface area contributed by atoms with Crippen LogP contribution in [0.2, 0.25) is 0 Å². The second-order valence-corrected chi connectivity index (χ2v) is 8.80. The van der Waals surface area contributed by atoms with Gasteiger partial charge in [0.25, 0.3) is 0 Å². The van der Waals surface area contributed by atoms with Crippen molar-refractivity contribution in [2.24, 2.45) is 5.92 Å². The molecule has 27 heavy (non-hydrogen) atoms. The number of sulfonamides is 1. The van der Waals surface area contributed by atoms with Crippen molar-refractivity contribution in [3.63, 3.8) is 0 Å². The predicted molar refractivity (Wildman–Crippen MR) is 105 cm³/mol. The normalized spacial score (nSPS) is 14.1. The van der Waals surface area contributed by atoms with Crippen molar-refractivity contribution in [2.45, 2.75) is 32.4 Å². The molecule has 0 fully saturated rings. The molecular formula is C20H23FN2O3S. The minimum atomic E-state index is -3.71. The van der Waals surface area contributed by atoms with Crippen molar-refractivity contribution < 1.29 is 17.6 Å². The van der Waals surface area contributed by atoms with E-state index in [4.69, 9.17) is 0 Å². The van der Waals surface area contributed by atoms with Gasteiger partial charge in [-0.05, 0) is 48.2 Å². The first-order valence-electron chi connectivity index (χ1n) is 8.94. The van der Waals surface area contributed by atoms with Gasteiger partial charge >= 0.3 is 0 Å². The lowest BCUT2D eigenvalue weighted by Crippen LogP contribution is -2.38. The zero-order valence-electron chi connectivity index (χ0n) is 15.4. The number of fused-ring (bicyclic) bond motifs is 1. The highest BCUT2D eigenvalue weighted by molar-refractivity contribution is 7.91. The molecule has 144 valence electrons. The average Bonchev–Trinajstić information content (AvgIpc) is 2.59. The first kappa shape index (κ1) is 19.4. The van der Waals surface area contributed by atoms with E-state index in [0.717, 1.165) is 24.1 Å². The lowest BCUT2D eigenvalue weighted by atomic mass is 9.99. The fourth-order valence-electron chi connectivity index (χ4n) is 3.24. The van der Waals surface area contributed by atoms with Gasteiger partial charge in [-0.2, -0.15) is 0 Å². The SMILES string of the molecule is CC(C)C(=O)N1CCCc2ccc(NS(=O)(=O)Cc3cccc(F)c3)cc21. The molecule has 0 bridgehead atoms. The molecule has 1 amide bonds. The summed E-state index contributed by atoms with van der Waals surface area (Å²) in [5.41, 5.74) is 2.56. The van der Waals surface area contributed by atoms with Gasteiger partial charge in [0.15, 0.2) is 0 Å². The molecule has 5 nitrogen and oxygen atoms in total. The van der Waals surface area contributed by atoms with Gasteiger partial charge in [0.2, 0.25) is 15.9 Å². The van der Waals surface area contributed by atoms with Gasteiger partial charge < -0.3 is 4.90 Å². The Labute approximate surface area is 159 Å². The third-order valence-electron chi connectivity index (χ3n) is 4.48. The van der Waals surface area contributed by atoms with Gasteiger partial charge in [-0.3, -0.25) is 9.52 Å². The van der Waals surface area contributed by atoms with Crippen LogP contribution in [0, 0.1) is 11.7 Å². The molecule has 3 rings (SSSR count). The van der Waals surface area contributed by atoms with Crippen LogP contribution in [0.25, 0.3) is 0 Å². The smallest absolute Gasteiger partial charge is 0.236 e. The van der Waals surface area contributed by atoms with Crippen LogP contribution in [0.3, 0.4) is 0 Å². The summed E-state index contributed by atoms with van der Waals surface area (Å²) < 4.78 is 40.7. The lowest BCUT2D eigenvalue weighted by Gasteiger charge is -2.31. The standard InChI is InChI=1S/C20H23FN2O3S/c1-14(2)20(24)23-10-4-6-16-8-9-18(12-19(16)23)22-27(25,26)13-15-5-3-7-17(21)11-15/h3,5,7-9,11-12,14,22H,4,6,10,13H2,1-2H3. The second-order valence-electron chi connectivity index (χ2n) is 7.08. The van der Waals surface area contributed by atoms with Crippen molar-refractivity contribution in [3.05, 3.63) is 59.4 Å². The number of carbonyl (C=O) groups is 1. The van der Waals surface area contributed by atoms with E-state index in [1.54, 1.807) is 23.1 Å².